The van der Waals surface area contributed by atoms with Gasteiger partial charge in [-0.15, -0.1) is 0 Å². The standard InChI is InChI=1S/C10H17NO3/c1-2-14-10(13)11-9(7-12)6-8-4-3-5-8/h7-9H,2-6H2,1H3,(H,11,13). The Morgan fingerprint density at radius 1 is 1.64 bits per heavy atom. The highest BCUT2D eigenvalue weighted by atomic mass is 16.5. The lowest BCUT2D eigenvalue weighted by Gasteiger charge is -2.27. The summed E-state index contributed by atoms with van der Waals surface area (Å²) < 4.78 is 4.70. The van der Waals surface area contributed by atoms with Gasteiger partial charge < -0.3 is 14.8 Å². The molecule has 1 aliphatic rings. The highest BCUT2D eigenvalue weighted by molar-refractivity contribution is 5.72. The maximum atomic E-state index is 11.0. The van der Waals surface area contributed by atoms with E-state index < -0.39 is 6.09 Å². The number of hydrogen-bond donors (Lipinski definition) is 1. The van der Waals surface area contributed by atoms with Crippen molar-refractivity contribution >= 4 is 12.4 Å². The fraction of sp³-hybridized carbons (Fsp3) is 0.800. The Balaban J connectivity index is 2.22. The van der Waals surface area contributed by atoms with Crippen molar-refractivity contribution in [1.29, 1.82) is 0 Å². The second kappa shape index (κ2) is 5.62. The molecule has 1 atom stereocenters. The minimum Gasteiger partial charge on any atom is -0.450 e. The van der Waals surface area contributed by atoms with Gasteiger partial charge in [-0.3, -0.25) is 0 Å². The van der Waals surface area contributed by atoms with Crippen molar-refractivity contribution < 1.29 is 14.3 Å². The fourth-order valence-electron chi connectivity index (χ4n) is 1.56. The molecule has 14 heavy (non-hydrogen) atoms. The Morgan fingerprint density at radius 3 is 2.79 bits per heavy atom. The molecular weight excluding hydrogens is 182 g/mol. The zero-order valence-electron chi connectivity index (χ0n) is 8.49. The Bertz CT molecular complexity index is 202. The van der Waals surface area contributed by atoms with E-state index in [1.807, 2.05) is 0 Å². The topological polar surface area (TPSA) is 55.4 Å². The number of hydrogen-bond acceptors (Lipinski definition) is 3. The summed E-state index contributed by atoms with van der Waals surface area (Å²) in [7, 11) is 0. The summed E-state index contributed by atoms with van der Waals surface area (Å²) in [5.41, 5.74) is 0. The molecule has 0 heterocycles. The molecule has 0 bridgehead atoms. The van der Waals surface area contributed by atoms with Gasteiger partial charge in [0.1, 0.15) is 6.29 Å². The minimum atomic E-state index is -0.496. The van der Waals surface area contributed by atoms with E-state index in [0.29, 0.717) is 12.5 Å². The Hall–Kier alpha value is -1.06. The van der Waals surface area contributed by atoms with Crippen LogP contribution in [0.2, 0.25) is 0 Å². The van der Waals surface area contributed by atoms with Crippen molar-refractivity contribution in [2.75, 3.05) is 6.61 Å². The van der Waals surface area contributed by atoms with E-state index in [1.54, 1.807) is 6.92 Å². The van der Waals surface area contributed by atoms with Crippen molar-refractivity contribution in [1.82, 2.24) is 5.32 Å². The van der Waals surface area contributed by atoms with E-state index in [0.717, 1.165) is 12.7 Å². The van der Waals surface area contributed by atoms with Crippen LogP contribution >= 0.6 is 0 Å². The highest BCUT2D eigenvalue weighted by Crippen LogP contribution is 2.30. The number of amides is 1. The van der Waals surface area contributed by atoms with Gasteiger partial charge >= 0.3 is 6.09 Å². The first-order valence-corrected chi connectivity index (χ1v) is 5.14. The van der Waals surface area contributed by atoms with Crippen LogP contribution in [0.25, 0.3) is 0 Å². The van der Waals surface area contributed by atoms with Crippen molar-refractivity contribution in [2.24, 2.45) is 5.92 Å². The molecule has 1 aliphatic carbocycles. The van der Waals surface area contributed by atoms with E-state index in [9.17, 15) is 9.59 Å². The van der Waals surface area contributed by atoms with Crippen LogP contribution in [-0.4, -0.2) is 25.0 Å². The van der Waals surface area contributed by atoms with Crippen LogP contribution < -0.4 is 5.32 Å². The van der Waals surface area contributed by atoms with Gasteiger partial charge in [-0.1, -0.05) is 19.3 Å². The molecule has 0 saturated heterocycles. The van der Waals surface area contributed by atoms with Crippen LogP contribution in [0.15, 0.2) is 0 Å². The first kappa shape index (κ1) is 11.0. The largest absolute Gasteiger partial charge is 0.450 e. The monoisotopic (exact) mass is 199 g/mol. The highest BCUT2D eigenvalue weighted by Gasteiger charge is 2.22. The molecule has 1 saturated carbocycles. The van der Waals surface area contributed by atoms with Gasteiger partial charge in [0.2, 0.25) is 0 Å². The Morgan fingerprint density at radius 2 is 2.36 bits per heavy atom. The summed E-state index contributed by atoms with van der Waals surface area (Å²) in [6.45, 7) is 2.07. The van der Waals surface area contributed by atoms with E-state index in [1.165, 1.54) is 19.3 Å². The van der Waals surface area contributed by atoms with E-state index in [2.05, 4.69) is 5.32 Å². The average molecular weight is 199 g/mol. The van der Waals surface area contributed by atoms with Crippen LogP contribution in [0.4, 0.5) is 4.79 Å². The third kappa shape index (κ3) is 3.36. The number of ether oxygens (including phenoxy) is 1. The maximum Gasteiger partial charge on any atom is 0.407 e. The molecule has 0 aliphatic heterocycles. The van der Waals surface area contributed by atoms with Gasteiger partial charge in [-0.25, -0.2) is 4.79 Å². The molecule has 1 unspecified atom stereocenters. The molecule has 1 rings (SSSR count). The van der Waals surface area contributed by atoms with Crippen molar-refractivity contribution in [3.8, 4) is 0 Å². The predicted molar refractivity (Wildman–Crippen MR) is 52.0 cm³/mol. The molecule has 1 amide bonds. The van der Waals surface area contributed by atoms with E-state index in [4.69, 9.17) is 4.74 Å². The van der Waals surface area contributed by atoms with Gasteiger partial charge in [0.15, 0.2) is 0 Å². The third-order valence-corrected chi connectivity index (χ3v) is 2.55. The average Bonchev–Trinajstić information content (AvgIpc) is 2.09. The van der Waals surface area contributed by atoms with Gasteiger partial charge in [0.25, 0.3) is 0 Å². The van der Waals surface area contributed by atoms with E-state index in [-0.39, 0.29) is 6.04 Å². The normalized spacial score (nSPS) is 18.1. The van der Waals surface area contributed by atoms with Gasteiger partial charge in [0.05, 0.1) is 12.6 Å². The van der Waals surface area contributed by atoms with Crippen LogP contribution in [0.5, 0.6) is 0 Å². The lowest BCUT2D eigenvalue weighted by molar-refractivity contribution is -0.110. The fourth-order valence-corrected chi connectivity index (χ4v) is 1.56. The molecule has 0 radical (unpaired) electrons. The van der Waals surface area contributed by atoms with Crippen LogP contribution in [0, 0.1) is 5.92 Å². The minimum absolute atomic E-state index is 0.334. The first-order valence-electron chi connectivity index (χ1n) is 5.14. The van der Waals surface area contributed by atoms with Crippen LogP contribution in [-0.2, 0) is 9.53 Å². The molecule has 0 aromatic carbocycles. The molecule has 0 aromatic rings. The molecule has 4 nitrogen and oxygen atoms in total. The molecule has 0 aromatic heterocycles. The molecular formula is C10H17NO3. The Kier molecular flexibility index (Phi) is 4.43. The second-order valence-corrected chi connectivity index (χ2v) is 3.64. The first-order chi connectivity index (χ1) is 6.76. The molecule has 1 N–H and O–H groups in total. The summed E-state index contributed by atoms with van der Waals surface area (Å²) in [4.78, 5) is 21.7. The van der Waals surface area contributed by atoms with Crippen molar-refractivity contribution in [3.05, 3.63) is 0 Å². The zero-order chi connectivity index (χ0) is 10.4. The maximum absolute atomic E-state index is 11.0. The van der Waals surface area contributed by atoms with Crippen molar-refractivity contribution in [3.63, 3.8) is 0 Å². The second-order valence-electron chi connectivity index (χ2n) is 3.64. The number of carbonyl (C=O) groups is 2. The number of rotatable bonds is 5. The van der Waals surface area contributed by atoms with Crippen molar-refractivity contribution in [2.45, 2.75) is 38.6 Å². The molecule has 80 valence electrons. The van der Waals surface area contributed by atoms with Gasteiger partial charge in [-0.05, 0) is 19.3 Å². The lowest BCUT2D eigenvalue weighted by atomic mass is 9.81. The van der Waals surface area contributed by atoms with Gasteiger partial charge in [-0.2, -0.15) is 0 Å². The predicted octanol–water partition coefficient (Wildman–Crippen LogP) is 1.49. The number of nitrogens with one attached hydrogen (secondary N) is 1. The SMILES string of the molecule is CCOC(=O)NC(C=O)CC1CCC1. The quantitative estimate of drug-likeness (QED) is 0.682. The summed E-state index contributed by atoms with van der Waals surface area (Å²) in [6.07, 6.45) is 4.64. The number of carbonyl (C=O) groups excluding carboxylic acids is 2. The molecule has 0 spiro atoms. The summed E-state index contributed by atoms with van der Waals surface area (Å²) in [6, 6.07) is -0.376. The van der Waals surface area contributed by atoms with Gasteiger partial charge in [0, 0.05) is 0 Å². The van der Waals surface area contributed by atoms with E-state index >= 15 is 0 Å². The lowest BCUT2D eigenvalue weighted by Crippen LogP contribution is -2.38. The third-order valence-electron chi connectivity index (χ3n) is 2.55. The molecule has 1 fully saturated rings. The number of aldehydes is 1. The van der Waals surface area contributed by atoms with Crippen LogP contribution in [0.3, 0.4) is 0 Å². The van der Waals surface area contributed by atoms with Crippen LogP contribution in [0.1, 0.15) is 32.6 Å². The number of alkyl carbamates (subject to hydrolysis) is 1. The summed E-state index contributed by atoms with van der Waals surface area (Å²) >= 11 is 0. The molecule has 4 heteroatoms. The smallest absolute Gasteiger partial charge is 0.407 e. The zero-order valence-corrected chi connectivity index (χ0v) is 8.49. The summed E-state index contributed by atoms with van der Waals surface area (Å²) in [5, 5.41) is 2.54. The Labute approximate surface area is 84.0 Å². The summed E-state index contributed by atoms with van der Waals surface area (Å²) in [5.74, 6) is 0.604.